The first-order valence-corrected chi connectivity index (χ1v) is 23.7. The fourth-order valence-electron chi connectivity index (χ4n) is 6.79. The molecule has 3 atom stereocenters. The lowest BCUT2D eigenvalue weighted by Gasteiger charge is -2.32. The van der Waals surface area contributed by atoms with E-state index in [1.165, 1.54) is 135 Å². The maximum Gasteiger partial charge on any atom is 0.407 e. The van der Waals surface area contributed by atoms with Crippen LogP contribution < -0.4 is 10.6 Å². The van der Waals surface area contributed by atoms with E-state index in [4.69, 9.17) is 23.7 Å². The summed E-state index contributed by atoms with van der Waals surface area (Å²) in [5.41, 5.74) is -0.542. The highest BCUT2D eigenvalue weighted by atomic mass is 16.6. The molecule has 0 aromatic heterocycles. The molecule has 56 heavy (non-hydrogen) atoms. The van der Waals surface area contributed by atoms with Crippen molar-refractivity contribution in [2.45, 2.75) is 239 Å². The average Bonchev–Trinajstić information content (AvgIpc) is 3.20. The van der Waals surface area contributed by atoms with Gasteiger partial charge in [-0.05, 0) is 52.4 Å². The molecule has 0 aromatic carbocycles. The number of rotatable bonds is 43. The second-order valence-corrected chi connectivity index (χ2v) is 16.8. The molecule has 0 aliphatic carbocycles. The summed E-state index contributed by atoms with van der Waals surface area (Å²) in [4.78, 5) is 25.0. The maximum atomic E-state index is 12.5. The smallest absolute Gasteiger partial charge is 0.407 e. The quantitative estimate of drug-likeness (QED) is 0.0592. The molecule has 9 nitrogen and oxygen atoms in total. The van der Waals surface area contributed by atoms with Crippen molar-refractivity contribution in [3.05, 3.63) is 0 Å². The molecule has 0 heterocycles. The van der Waals surface area contributed by atoms with Crippen LogP contribution in [0.2, 0.25) is 0 Å². The molecular formula is C47H94N2O7. The van der Waals surface area contributed by atoms with Crippen LogP contribution >= 0.6 is 0 Å². The van der Waals surface area contributed by atoms with Crippen molar-refractivity contribution < 1.29 is 33.3 Å². The molecule has 2 amide bonds. The Hall–Kier alpha value is -1.42. The monoisotopic (exact) mass is 799 g/mol. The van der Waals surface area contributed by atoms with E-state index in [2.05, 4.69) is 52.2 Å². The number of nitrogens with one attached hydrogen (secondary N) is 2. The molecule has 2 unspecified atom stereocenters. The predicted octanol–water partition coefficient (Wildman–Crippen LogP) is 12.4. The number of hydrogen-bond donors (Lipinski definition) is 2. The van der Waals surface area contributed by atoms with Gasteiger partial charge in [-0.25, -0.2) is 4.79 Å². The Bertz CT molecular complexity index is 871. The van der Waals surface area contributed by atoms with Gasteiger partial charge in [-0.1, -0.05) is 169 Å². The van der Waals surface area contributed by atoms with Crippen LogP contribution in [0.15, 0.2) is 0 Å². The van der Waals surface area contributed by atoms with Gasteiger partial charge in [0.15, 0.2) is 0 Å². The SMILES string of the molecule is CCCCCCCCCCCCCCOC[C@H](COC(=O)NCC(=O)NCCC(C)(CC)OCCC(C)(CC)OC)OCCCCCCCCCCCCCC. The van der Waals surface area contributed by atoms with Gasteiger partial charge in [0.05, 0.1) is 31.0 Å². The lowest BCUT2D eigenvalue weighted by Crippen LogP contribution is -2.41. The van der Waals surface area contributed by atoms with Crippen LogP contribution in [-0.2, 0) is 28.5 Å². The van der Waals surface area contributed by atoms with Gasteiger partial charge in [0.25, 0.3) is 0 Å². The molecule has 2 N–H and O–H groups in total. The summed E-state index contributed by atoms with van der Waals surface area (Å²) in [6, 6.07) is 0. The molecule has 0 aliphatic rings. The normalized spacial score (nSPS) is 14.3. The molecule has 0 saturated carbocycles. The van der Waals surface area contributed by atoms with Crippen molar-refractivity contribution in [1.82, 2.24) is 10.6 Å². The van der Waals surface area contributed by atoms with Crippen LogP contribution in [0.4, 0.5) is 4.79 Å². The van der Waals surface area contributed by atoms with Crippen molar-refractivity contribution in [3.8, 4) is 0 Å². The number of unbranched alkanes of at least 4 members (excludes halogenated alkanes) is 22. The molecule has 0 aromatic rings. The first kappa shape index (κ1) is 54.6. The van der Waals surface area contributed by atoms with E-state index < -0.39 is 6.09 Å². The van der Waals surface area contributed by atoms with E-state index >= 15 is 0 Å². The standard InChI is InChI=1S/C47H94N2O7/c1-8-12-14-16-18-20-22-24-26-28-30-32-37-53-41-43(54-38-33-31-29-27-25-23-21-19-17-15-13-9-2)42-55-45(51)49-40-44(50)48-36-34-47(6,11-4)56-39-35-46(5,10-3)52-7/h43H,8-42H2,1-7H3,(H,48,50)(H,49,51)/t43-,46?,47?/m1/s1. The van der Waals surface area contributed by atoms with Gasteiger partial charge in [-0.15, -0.1) is 0 Å². The van der Waals surface area contributed by atoms with Crippen molar-refractivity contribution in [2.24, 2.45) is 0 Å². The Morgan fingerprint density at radius 2 is 1.00 bits per heavy atom. The first-order valence-electron chi connectivity index (χ1n) is 23.7. The molecule has 0 fully saturated rings. The molecule has 9 heteroatoms. The molecule has 0 aliphatic heterocycles. The minimum absolute atomic E-state index is 0.0937. The number of alkyl carbamates (subject to hydrolysis) is 1. The number of methoxy groups -OCH3 is 1. The third kappa shape index (κ3) is 34.6. The molecule has 0 bridgehead atoms. The fourth-order valence-corrected chi connectivity index (χ4v) is 6.79. The van der Waals surface area contributed by atoms with Crippen LogP contribution in [-0.4, -0.2) is 82.5 Å². The Morgan fingerprint density at radius 1 is 0.536 bits per heavy atom. The highest BCUT2D eigenvalue weighted by Crippen LogP contribution is 2.24. The fraction of sp³-hybridized carbons (Fsp3) is 0.957. The van der Waals surface area contributed by atoms with Crippen molar-refractivity contribution in [2.75, 3.05) is 53.2 Å². The van der Waals surface area contributed by atoms with Crippen LogP contribution in [0.5, 0.6) is 0 Å². The highest BCUT2D eigenvalue weighted by Gasteiger charge is 2.26. The lowest BCUT2D eigenvalue weighted by molar-refractivity contribution is -0.120. The lowest BCUT2D eigenvalue weighted by atomic mass is 9.97. The van der Waals surface area contributed by atoms with E-state index in [-0.39, 0.29) is 36.4 Å². The molecule has 334 valence electrons. The number of hydrogen-bond acceptors (Lipinski definition) is 7. The number of carbonyl (C=O) groups excluding carboxylic acids is 2. The summed E-state index contributed by atoms with van der Waals surface area (Å²) in [5.74, 6) is -0.260. The van der Waals surface area contributed by atoms with Gasteiger partial charge in [0.1, 0.15) is 12.7 Å². The summed E-state index contributed by atoms with van der Waals surface area (Å²) in [6.45, 7) is 15.6. The van der Waals surface area contributed by atoms with E-state index in [0.29, 0.717) is 39.4 Å². The van der Waals surface area contributed by atoms with Crippen molar-refractivity contribution >= 4 is 12.0 Å². The molecule has 0 rings (SSSR count). The maximum absolute atomic E-state index is 12.5. The number of carbonyl (C=O) groups is 2. The Balaban J connectivity index is 4.44. The van der Waals surface area contributed by atoms with Crippen molar-refractivity contribution in [1.29, 1.82) is 0 Å². The minimum atomic E-state index is -0.626. The summed E-state index contributed by atoms with van der Waals surface area (Å²) in [6.07, 6.45) is 33.6. The van der Waals surface area contributed by atoms with Crippen LogP contribution in [0.3, 0.4) is 0 Å². The third-order valence-electron chi connectivity index (χ3n) is 11.6. The topological polar surface area (TPSA) is 104 Å². The summed E-state index contributed by atoms with van der Waals surface area (Å²) in [7, 11) is 1.74. The van der Waals surface area contributed by atoms with E-state index in [1.54, 1.807) is 7.11 Å². The minimum Gasteiger partial charge on any atom is -0.447 e. The van der Waals surface area contributed by atoms with Gasteiger partial charge in [0.2, 0.25) is 5.91 Å². The van der Waals surface area contributed by atoms with E-state index in [0.717, 1.165) is 38.5 Å². The Kier molecular flexibility index (Phi) is 38.1. The van der Waals surface area contributed by atoms with Gasteiger partial charge < -0.3 is 34.3 Å². The highest BCUT2D eigenvalue weighted by molar-refractivity contribution is 5.82. The van der Waals surface area contributed by atoms with Gasteiger partial charge in [-0.3, -0.25) is 4.79 Å². The zero-order valence-electron chi connectivity index (χ0n) is 38.2. The average molecular weight is 799 g/mol. The zero-order chi connectivity index (χ0) is 41.4. The van der Waals surface area contributed by atoms with Gasteiger partial charge >= 0.3 is 6.09 Å². The van der Waals surface area contributed by atoms with Crippen LogP contribution in [0, 0.1) is 0 Å². The summed E-state index contributed by atoms with van der Waals surface area (Å²) < 4.78 is 29.5. The molecule has 0 saturated heterocycles. The molecular weight excluding hydrogens is 705 g/mol. The first-order chi connectivity index (χ1) is 27.2. The Morgan fingerprint density at radius 3 is 1.46 bits per heavy atom. The molecule has 0 radical (unpaired) electrons. The van der Waals surface area contributed by atoms with Crippen molar-refractivity contribution in [3.63, 3.8) is 0 Å². The predicted molar refractivity (Wildman–Crippen MR) is 235 cm³/mol. The molecule has 0 spiro atoms. The Labute approximate surface area is 347 Å². The van der Waals surface area contributed by atoms with Crippen LogP contribution in [0.1, 0.15) is 221 Å². The van der Waals surface area contributed by atoms with Gasteiger partial charge in [-0.2, -0.15) is 0 Å². The third-order valence-corrected chi connectivity index (χ3v) is 11.6. The van der Waals surface area contributed by atoms with E-state index in [9.17, 15) is 9.59 Å². The largest absolute Gasteiger partial charge is 0.447 e. The van der Waals surface area contributed by atoms with Gasteiger partial charge in [0, 0.05) is 26.9 Å². The summed E-state index contributed by atoms with van der Waals surface area (Å²) >= 11 is 0. The van der Waals surface area contributed by atoms with Crippen LogP contribution in [0.25, 0.3) is 0 Å². The number of ether oxygens (including phenoxy) is 5. The van der Waals surface area contributed by atoms with E-state index in [1.807, 2.05) is 0 Å². The second-order valence-electron chi connectivity index (χ2n) is 16.8. The summed E-state index contributed by atoms with van der Waals surface area (Å²) in [5, 5.41) is 5.49. The number of amides is 2. The second kappa shape index (κ2) is 39.1. The zero-order valence-corrected chi connectivity index (χ0v) is 38.2.